The van der Waals surface area contributed by atoms with Crippen molar-refractivity contribution in [1.82, 2.24) is 0 Å². The van der Waals surface area contributed by atoms with Gasteiger partial charge in [0, 0.05) is 17.7 Å². The molecule has 0 spiro atoms. The number of aromatic nitrogens is 1. The van der Waals surface area contributed by atoms with Gasteiger partial charge in [-0.15, -0.1) is 0 Å². The maximum Gasteiger partial charge on any atom is 0.214 e. The number of rotatable bonds is 0. The third-order valence-corrected chi connectivity index (χ3v) is 4.54. The van der Waals surface area contributed by atoms with E-state index in [4.69, 9.17) is 0 Å². The number of fused-ring (bicyclic) bond motifs is 2. The van der Waals surface area contributed by atoms with Gasteiger partial charge < -0.3 is 0 Å². The van der Waals surface area contributed by atoms with E-state index in [1.54, 1.807) is 0 Å². The highest BCUT2D eigenvalue weighted by atomic mass is 14.9. The van der Waals surface area contributed by atoms with Crippen molar-refractivity contribution in [1.29, 1.82) is 0 Å². The number of hydrogen-bond acceptors (Lipinski definition) is 0. The van der Waals surface area contributed by atoms with Gasteiger partial charge in [0.15, 0.2) is 0 Å². The molecule has 24 heavy (non-hydrogen) atoms. The number of para-hydroxylation sites is 2. The average molecular weight is 308 g/mol. The van der Waals surface area contributed by atoms with Crippen molar-refractivity contribution in [2.75, 3.05) is 0 Å². The van der Waals surface area contributed by atoms with Gasteiger partial charge in [0.1, 0.15) is 7.05 Å². The minimum Gasteiger partial charge on any atom is -0.194 e. The summed E-state index contributed by atoms with van der Waals surface area (Å²) in [7, 11) is 2.11. The zero-order valence-electron chi connectivity index (χ0n) is 13.9. The second-order valence-electron chi connectivity index (χ2n) is 6.03. The van der Waals surface area contributed by atoms with Crippen molar-refractivity contribution in [3.63, 3.8) is 0 Å². The van der Waals surface area contributed by atoms with Crippen LogP contribution in [-0.4, -0.2) is 0 Å². The number of pyridine rings is 1. The van der Waals surface area contributed by atoms with Crippen molar-refractivity contribution in [3.05, 3.63) is 89.5 Å². The molecule has 0 saturated heterocycles. The molecule has 4 aromatic rings. The Bertz CT molecular complexity index is 1070. The molecule has 0 unspecified atom stereocenters. The van der Waals surface area contributed by atoms with Crippen molar-refractivity contribution >= 4 is 21.8 Å². The topological polar surface area (TPSA) is 3.88 Å². The Morgan fingerprint density at radius 3 is 1.83 bits per heavy atom. The Morgan fingerprint density at radius 1 is 0.667 bits per heavy atom. The molecule has 0 radical (unpaired) electrons. The summed E-state index contributed by atoms with van der Waals surface area (Å²) >= 11 is 0. The fourth-order valence-corrected chi connectivity index (χ4v) is 3.21. The molecular formula is C23H18N+. The van der Waals surface area contributed by atoms with Crippen LogP contribution in [-0.2, 0) is 7.05 Å². The van der Waals surface area contributed by atoms with E-state index < -0.39 is 0 Å². The molecule has 3 aromatic carbocycles. The summed E-state index contributed by atoms with van der Waals surface area (Å²) in [5.74, 6) is 6.83. The maximum atomic E-state index is 3.45. The molecule has 0 fully saturated rings. The smallest absolute Gasteiger partial charge is 0.194 e. The molecule has 114 valence electrons. The van der Waals surface area contributed by atoms with E-state index in [9.17, 15) is 0 Å². The standard InChI is InChI=1S/C23H18N/c1-17-9-3-4-10-18(17)15-16-19-20-11-5-7-13-22(20)24(2)23-14-8-6-12-21(19)23/h3-14H,1-2H3/q+1. The number of benzene rings is 3. The molecule has 0 amide bonds. The van der Waals surface area contributed by atoms with E-state index in [2.05, 4.69) is 91.0 Å². The third kappa shape index (κ3) is 2.33. The van der Waals surface area contributed by atoms with Crippen molar-refractivity contribution in [2.24, 2.45) is 7.05 Å². The minimum absolute atomic E-state index is 1.08. The average Bonchev–Trinajstić information content (AvgIpc) is 2.63. The molecule has 4 rings (SSSR count). The summed E-state index contributed by atoms with van der Waals surface area (Å²) in [6.45, 7) is 2.10. The van der Waals surface area contributed by atoms with Gasteiger partial charge >= 0.3 is 0 Å². The molecule has 0 N–H and O–H groups in total. The molecule has 0 aliphatic carbocycles. The highest BCUT2D eigenvalue weighted by Crippen LogP contribution is 2.23. The van der Waals surface area contributed by atoms with Crippen LogP contribution < -0.4 is 4.57 Å². The Balaban J connectivity index is 2.07. The SMILES string of the molecule is Cc1ccccc1C#Cc1c2ccccc2[n+](C)c2ccccc12. The zero-order chi connectivity index (χ0) is 16.5. The quantitative estimate of drug-likeness (QED) is 0.255. The number of hydrogen-bond donors (Lipinski definition) is 0. The van der Waals surface area contributed by atoms with E-state index in [1.807, 2.05) is 12.1 Å². The second-order valence-corrected chi connectivity index (χ2v) is 6.03. The lowest BCUT2D eigenvalue weighted by Gasteiger charge is -2.05. The van der Waals surface area contributed by atoms with Gasteiger partial charge in [0.05, 0.1) is 16.3 Å². The van der Waals surface area contributed by atoms with E-state index in [0.29, 0.717) is 0 Å². The summed E-state index contributed by atoms with van der Waals surface area (Å²) < 4.78 is 2.24. The molecule has 1 heterocycles. The molecule has 0 aliphatic heterocycles. The lowest BCUT2D eigenvalue weighted by molar-refractivity contribution is -0.617. The monoisotopic (exact) mass is 308 g/mol. The van der Waals surface area contributed by atoms with Crippen LogP contribution in [0.1, 0.15) is 16.7 Å². The van der Waals surface area contributed by atoms with Crippen LogP contribution in [0.5, 0.6) is 0 Å². The first-order valence-corrected chi connectivity index (χ1v) is 8.13. The van der Waals surface area contributed by atoms with Gasteiger partial charge in [0.25, 0.3) is 0 Å². The Kier molecular flexibility index (Phi) is 3.52. The van der Waals surface area contributed by atoms with Crippen LogP contribution in [0.3, 0.4) is 0 Å². The van der Waals surface area contributed by atoms with Crippen LogP contribution in [0.15, 0.2) is 72.8 Å². The third-order valence-electron chi connectivity index (χ3n) is 4.54. The predicted molar refractivity (Wildman–Crippen MR) is 99.8 cm³/mol. The fourth-order valence-electron chi connectivity index (χ4n) is 3.21. The Hall–Kier alpha value is -3.11. The molecule has 1 aromatic heterocycles. The Morgan fingerprint density at radius 2 is 1.21 bits per heavy atom. The van der Waals surface area contributed by atoms with Gasteiger partial charge in [-0.2, -0.15) is 4.57 Å². The lowest BCUT2D eigenvalue weighted by Crippen LogP contribution is -2.30. The summed E-state index contributed by atoms with van der Waals surface area (Å²) in [5, 5.41) is 2.39. The van der Waals surface area contributed by atoms with Crippen LogP contribution in [0, 0.1) is 18.8 Å². The zero-order valence-corrected chi connectivity index (χ0v) is 13.9. The number of aryl methyl sites for hydroxylation is 2. The van der Waals surface area contributed by atoms with E-state index >= 15 is 0 Å². The van der Waals surface area contributed by atoms with Crippen molar-refractivity contribution in [2.45, 2.75) is 6.92 Å². The van der Waals surface area contributed by atoms with Crippen molar-refractivity contribution < 1.29 is 4.57 Å². The van der Waals surface area contributed by atoms with E-state index in [1.165, 1.54) is 27.4 Å². The fraction of sp³-hybridized carbons (Fsp3) is 0.0870. The van der Waals surface area contributed by atoms with Crippen LogP contribution in [0.2, 0.25) is 0 Å². The van der Waals surface area contributed by atoms with Gasteiger partial charge in [-0.3, -0.25) is 0 Å². The predicted octanol–water partition coefficient (Wildman–Crippen LogP) is 4.53. The first-order chi connectivity index (χ1) is 11.8. The molecule has 1 heteroatoms. The summed E-state index contributed by atoms with van der Waals surface area (Å²) in [4.78, 5) is 0. The summed E-state index contributed by atoms with van der Waals surface area (Å²) in [6, 6.07) is 25.2. The summed E-state index contributed by atoms with van der Waals surface area (Å²) in [6.07, 6.45) is 0. The van der Waals surface area contributed by atoms with Crippen LogP contribution in [0.25, 0.3) is 21.8 Å². The van der Waals surface area contributed by atoms with E-state index in [0.717, 1.165) is 11.1 Å². The molecular weight excluding hydrogens is 290 g/mol. The first-order valence-electron chi connectivity index (χ1n) is 8.13. The molecule has 1 nitrogen and oxygen atoms in total. The van der Waals surface area contributed by atoms with Crippen molar-refractivity contribution in [3.8, 4) is 11.8 Å². The van der Waals surface area contributed by atoms with Gasteiger partial charge in [-0.25, -0.2) is 0 Å². The highest BCUT2D eigenvalue weighted by Gasteiger charge is 2.15. The second kappa shape index (κ2) is 5.83. The highest BCUT2D eigenvalue weighted by molar-refractivity contribution is 5.97. The van der Waals surface area contributed by atoms with Gasteiger partial charge in [-0.1, -0.05) is 54.3 Å². The molecule has 0 atom stereocenters. The van der Waals surface area contributed by atoms with Crippen LogP contribution in [0.4, 0.5) is 0 Å². The Labute approximate surface area is 142 Å². The first kappa shape index (κ1) is 14.5. The minimum atomic E-state index is 1.08. The molecule has 0 aliphatic rings. The molecule has 0 saturated carbocycles. The normalized spacial score (nSPS) is 10.6. The maximum absolute atomic E-state index is 3.45. The van der Waals surface area contributed by atoms with Gasteiger partial charge in [0.2, 0.25) is 11.0 Å². The largest absolute Gasteiger partial charge is 0.214 e. The van der Waals surface area contributed by atoms with Crippen LogP contribution >= 0.6 is 0 Å². The molecule has 0 bridgehead atoms. The number of nitrogens with zero attached hydrogens (tertiary/aromatic N) is 1. The lowest BCUT2D eigenvalue weighted by atomic mass is 10.0. The van der Waals surface area contributed by atoms with E-state index in [-0.39, 0.29) is 0 Å². The van der Waals surface area contributed by atoms with Gasteiger partial charge in [-0.05, 0) is 30.7 Å². The summed E-state index contributed by atoms with van der Waals surface area (Å²) in [5.41, 5.74) is 5.79.